The highest BCUT2D eigenvalue weighted by Gasteiger charge is 2.14. The van der Waals surface area contributed by atoms with E-state index >= 15 is 0 Å². The number of fused-ring (bicyclic) bond motifs is 1. The summed E-state index contributed by atoms with van der Waals surface area (Å²) in [5, 5.41) is 3.92. The lowest BCUT2D eigenvalue weighted by atomic mass is 10.1. The maximum atomic E-state index is 13.8. The molecule has 0 fully saturated rings. The Kier molecular flexibility index (Phi) is 3.20. The molecule has 0 radical (unpaired) electrons. The van der Waals surface area contributed by atoms with Gasteiger partial charge in [0.15, 0.2) is 5.82 Å². The minimum absolute atomic E-state index is 0.0249. The standard InChI is InChI=1S/C13H10F3N5/c14-8-5-10(21-11(8)6-19-13(17)20-21)9-3-7(1-2-18-9)4-12(15)16/h1-3,5-6,12H,4H2,(H2,17,20). The van der Waals surface area contributed by atoms with E-state index < -0.39 is 18.7 Å². The molecular formula is C13H10F3N5. The Bertz CT molecular complexity index is 800. The molecule has 108 valence electrons. The van der Waals surface area contributed by atoms with Crippen molar-refractivity contribution in [3.8, 4) is 11.4 Å². The van der Waals surface area contributed by atoms with Crippen LogP contribution in [0.15, 0.2) is 30.6 Å². The van der Waals surface area contributed by atoms with Crippen LogP contribution in [0.3, 0.4) is 0 Å². The summed E-state index contributed by atoms with van der Waals surface area (Å²) in [6, 6.07) is 4.19. The number of anilines is 1. The summed E-state index contributed by atoms with van der Waals surface area (Å²) in [7, 11) is 0. The van der Waals surface area contributed by atoms with Crippen LogP contribution in [0.2, 0.25) is 0 Å². The Balaban J connectivity index is 2.14. The normalized spacial score (nSPS) is 11.4. The molecule has 3 heterocycles. The highest BCUT2D eigenvalue weighted by atomic mass is 19.3. The lowest BCUT2D eigenvalue weighted by Gasteiger charge is -2.04. The molecule has 0 aliphatic rings. The van der Waals surface area contributed by atoms with Crippen molar-refractivity contribution >= 4 is 11.5 Å². The van der Waals surface area contributed by atoms with E-state index in [-0.39, 0.29) is 11.5 Å². The predicted octanol–water partition coefficient (Wildman–Crippen LogP) is 2.32. The topological polar surface area (TPSA) is 69.1 Å². The molecule has 0 bridgehead atoms. The van der Waals surface area contributed by atoms with Gasteiger partial charge in [-0.05, 0) is 17.7 Å². The first-order chi connectivity index (χ1) is 10.0. The average Bonchev–Trinajstić information content (AvgIpc) is 2.75. The van der Waals surface area contributed by atoms with Crippen molar-refractivity contribution in [1.82, 2.24) is 19.6 Å². The van der Waals surface area contributed by atoms with Crippen molar-refractivity contribution < 1.29 is 13.2 Å². The first-order valence-electron chi connectivity index (χ1n) is 6.08. The molecule has 3 aromatic rings. The minimum atomic E-state index is -2.46. The van der Waals surface area contributed by atoms with Gasteiger partial charge in [0, 0.05) is 18.7 Å². The van der Waals surface area contributed by atoms with E-state index in [1.165, 1.54) is 35.1 Å². The molecule has 0 spiro atoms. The van der Waals surface area contributed by atoms with Gasteiger partial charge in [-0.25, -0.2) is 22.7 Å². The van der Waals surface area contributed by atoms with E-state index in [0.717, 1.165) is 0 Å². The van der Waals surface area contributed by atoms with Gasteiger partial charge in [-0.3, -0.25) is 4.98 Å². The summed E-state index contributed by atoms with van der Waals surface area (Å²) >= 11 is 0. The van der Waals surface area contributed by atoms with Gasteiger partial charge in [-0.1, -0.05) is 0 Å². The molecule has 0 amide bonds. The third-order valence-electron chi connectivity index (χ3n) is 2.96. The molecule has 3 rings (SSSR count). The van der Waals surface area contributed by atoms with E-state index in [2.05, 4.69) is 15.1 Å². The monoisotopic (exact) mass is 293 g/mol. The van der Waals surface area contributed by atoms with E-state index in [1.807, 2.05) is 0 Å². The molecule has 0 atom stereocenters. The summed E-state index contributed by atoms with van der Waals surface area (Å²) in [6.07, 6.45) is -0.198. The van der Waals surface area contributed by atoms with Crippen molar-refractivity contribution in [3.63, 3.8) is 0 Å². The van der Waals surface area contributed by atoms with Crippen LogP contribution in [0.25, 0.3) is 16.9 Å². The molecule has 0 unspecified atom stereocenters. The summed E-state index contributed by atoms with van der Waals surface area (Å²) < 4.78 is 40.0. The van der Waals surface area contributed by atoms with Crippen LogP contribution >= 0.6 is 0 Å². The van der Waals surface area contributed by atoms with Crippen LogP contribution in [0.1, 0.15) is 5.56 Å². The van der Waals surface area contributed by atoms with Crippen molar-refractivity contribution in [3.05, 3.63) is 42.0 Å². The summed E-state index contributed by atoms with van der Waals surface area (Å²) in [6.45, 7) is 0. The molecule has 0 aliphatic heterocycles. The van der Waals surface area contributed by atoms with Gasteiger partial charge in [-0.2, -0.15) is 0 Å². The van der Waals surface area contributed by atoms with Crippen LogP contribution in [-0.2, 0) is 6.42 Å². The van der Waals surface area contributed by atoms with Crippen molar-refractivity contribution in [1.29, 1.82) is 0 Å². The molecule has 3 aromatic heterocycles. The molecule has 0 saturated carbocycles. The number of halogens is 3. The van der Waals surface area contributed by atoms with Crippen LogP contribution in [0, 0.1) is 5.82 Å². The molecule has 21 heavy (non-hydrogen) atoms. The van der Waals surface area contributed by atoms with E-state index in [0.29, 0.717) is 17.0 Å². The number of hydrogen-bond donors (Lipinski definition) is 1. The van der Waals surface area contributed by atoms with Crippen LogP contribution in [0.5, 0.6) is 0 Å². The summed E-state index contributed by atoms with van der Waals surface area (Å²) in [5.74, 6) is -0.561. The summed E-state index contributed by atoms with van der Waals surface area (Å²) in [4.78, 5) is 7.79. The number of alkyl halides is 2. The fraction of sp³-hybridized carbons (Fsp3) is 0.154. The van der Waals surface area contributed by atoms with Gasteiger partial charge in [-0.15, -0.1) is 5.10 Å². The Labute approximate surface area is 117 Å². The number of nitrogens with zero attached hydrogens (tertiary/aromatic N) is 4. The minimum Gasteiger partial charge on any atom is -0.367 e. The van der Waals surface area contributed by atoms with Gasteiger partial charge < -0.3 is 5.73 Å². The second-order valence-corrected chi connectivity index (χ2v) is 4.44. The fourth-order valence-corrected chi connectivity index (χ4v) is 2.07. The number of nitrogen functional groups attached to an aromatic ring is 1. The second kappa shape index (κ2) is 5.04. The number of nitrogens with two attached hydrogens (primary N) is 1. The Morgan fingerprint density at radius 3 is 2.81 bits per heavy atom. The Morgan fingerprint density at radius 1 is 1.24 bits per heavy atom. The lowest BCUT2D eigenvalue weighted by molar-refractivity contribution is 0.149. The molecule has 0 aromatic carbocycles. The Hall–Kier alpha value is -2.64. The van der Waals surface area contributed by atoms with Gasteiger partial charge in [0.1, 0.15) is 5.52 Å². The van der Waals surface area contributed by atoms with Crippen molar-refractivity contribution in [2.24, 2.45) is 0 Å². The Morgan fingerprint density at radius 2 is 2.05 bits per heavy atom. The SMILES string of the molecule is Nc1ncc2c(F)cc(-c3cc(CC(F)F)ccn3)n2n1. The van der Waals surface area contributed by atoms with Crippen LogP contribution < -0.4 is 5.73 Å². The van der Waals surface area contributed by atoms with Crippen molar-refractivity contribution in [2.45, 2.75) is 12.8 Å². The summed E-state index contributed by atoms with van der Waals surface area (Å²) in [5.41, 5.74) is 6.70. The lowest BCUT2D eigenvalue weighted by Crippen LogP contribution is -2.03. The van der Waals surface area contributed by atoms with E-state index in [9.17, 15) is 13.2 Å². The first-order valence-corrected chi connectivity index (χ1v) is 6.08. The maximum absolute atomic E-state index is 13.8. The van der Waals surface area contributed by atoms with Gasteiger partial charge >= 0.3 is 0 Å². The predicted molar refractivity (Wildman–Crippen MR) is 70.3 cm³/mol. The number of pyridine rings is 1. The molecular weight excluding hydrogens is 283 g/mol. The van der Waals surface area contributed by atoms with Gasteiger partial charge in [0.25, 0.3) is 0 Å². The largest absolute Gasteiger partial charge is 0.367 e. The molecule has 0 saturated heterocycles. The van der Waals surface area contributed by atoms with Crippen molar-refractivity contribution in [2.75, 3.05) is 5.73 Å². The zero-order valence-electron chi connectivity index (χ0n) is 10.7. The highest BCUT2D eigenvalue weighted by molar-refractivity contribution is 5.64. The molecule has 2 N–H and O–H groups in total. The fourth-order valence-electron chi connectivity index (χ4n) is 2.07. The quantitative estimate of drug-likeness (QED) is 0.804. The molecule has 0 aliphatic carbocycles. The van der Waals surface area contributed by atoms with Crippen LogP contribution in [0.4, 0.5) is 19.1 Å². The maximum Gasteiger partial charge on any atom is 0.242 e. The third kappa shape index (κ3) is 2.51. The smallest absolute Gasteiger partial charge is 0.242 e. The zero-order chi connectivity index (χ0) is 15.0. The molecule has 5 nitrogen and oxygen atoms in total. The highest BCUT2D eigenvalue weighted by Crippen LogP contribution is 2.24. The van der Waals surface area contributed by atoms with Gasteiger partial charge in [0.05, 0.1) is 17.6 Å². The van der Waals surface area contributed by atoms with Gasteiger partial charge in [0.2, 0.25) is 12.4 Å². The average molecular weight is 293 g/mol. The second-order valence-electron chi connectivity index (χ2n) is 4.44. The number of rotatable bonds is 3. The third-order valence-corrected chi connectivity index (χ3v) is 2.96. The van der Waals surface area contributed by atoms with E-state index in [1.54, 1.807) is 0 Å². The number of aromatic nitrogens is 4. The van der Waals surface area contributed by atoms with Crippen LogP contribution in [-0.4, -0.2) is 26.0 Å². The van der Waals surface area contributed by atoms with E-state index in [4.69, 9.17) is 5.73 Å². The first kappa shape index (κ1) is 13.3. The zero-order valence-corrected chi connectivity index (χ0v) is 10.7. The molecule has 8 heteroatoms. The number of hydrogen-bond acceptors (Lipinski definition) is 4.